The van der Waals surface area contributed by atoms with E-state index in [0.717, 1.165) is 0 Å². The van der Waals surface area contributed by atoms with E-state index in [2.05, 4.69) is 4.98 Å². The van der Waals surface area contributed by atoms with Crippen molar-refractivity contribution in [1.29, 1.82) is 0 Å². The van der Waals surface area contributed by atoms with E-state index in [0.29, 0.717) is 29.2 Å². The molecule has 2 rings (SSSR count). The zero-order chi connectivity index (χ0) is 15.2. The van der Waals surface area contributed by atoms with Crippen molar-refractivity contribution < 1.29 is 14.3 Å². The highest BCUT2D eigenvalue weighted by molar-refractivity contribution is 7.09. The van der Waals surface area contributed by atoms with Gasteiger partial charge in [0.2, 0.25) is 0 Å². The summed E-state index contributed by atoms with van der Waals surface area (Å²) in [6.07, 6.45) is 0.372. The molecule has 1 amide bonds. The number of thiazole rings is 1. The van der Waals surface area contributed by atoms with E-state index in [1.165, 1.54) is 22.3 Å². The zero-order valence-corrected chi connectivity index (χ0v) is 12.6. The van der Waals surface area contributed by atoms with Gasteiger partial charge in [-0.15, -0.1) is 11.3 Å². The van der Waals surface area contributed by atoms with Crippen LogP contribution in [0.5, 0.6) is 0 Å². The van der Waals surface area contributed by atoms with Gasteiger partial charge in [-0.25, -0.2) is 9.37 Å². The Kier molecular flexibility index (Phi) is 5.41. The van der Waals surface area contributed by atoms with Crippen molar-refractivity contribution in [1.82, 2.24) is 9.88 Å². The zero-order valence-electron chi connectivity index (χ0n) is 11.8. The number of amides is 1. The number of hydrogen-bond acceptors (Lipinski definition) is 4. The van der Waals surface area contributed by atoms with Crippen molar-refractivity contribution in [2.75, 3.05) is 19.7 Å². The van der Waals surface area contributed by atoms with Gasteiger partial charge in [0.25, 0.3) is 5.91 Å². The van der Waals surface area contributed by atoms with Crippen LogP contribution in [-0.2, 0) is 6.42 Å². The first-order valence-electron chi connectivity index (χ1n) is 6.73. The van der Waals surface area contributed by atoms with Crippen LogP contribution in [0, 0.1) is 5.82 Å². The Morgan fingerprint density at radius 1 is 1.43 bits per heavy atom. The van der Waals surface area contributed by atoms with Crippen LogP contribution >= 0.6 is 11.3 Å². The van der Waals surface area contributed by atoms with Crippen LogP contribution in [0.2, 0.25) is 0 Å². The molecular weight excluding hydrogens is 291 g/mol. The Balaban J connectivity index is 2.11. The largest absolute Gasteiger partial charge is 0.395 e. The minimum absolute atomic E-state index is 0.0776. The lowest BCUT2D eigenvalue weighted by atomic mass is 10.1. The predicted molar refractivity (Wildman–Crippen MR) is 80.0 cm³/mol. The molecular formula is C15H17FN2O2S. The maximum absolute atomic E-state index is 13.6. The molecule has 2 aromatic rings. The number of aromatic nitrogens is 1. The van der Waals surface area contributed by atoms with Crippen molar-refractivity contribution in [2.24, 2.45) is 0 Å². The van der Waals surface area contributed by atoms with Gasteiger partial charge in [-0.3, -0.25) is 4.79 Å². The van der Waals surface area contributed by atoms with Crippen LogP contribution in [0.15, 0.2) is 29.6 Å². The maximum Gasteiger partial charge on any atom is 0.273 e. The molecule has 0 aliphatic heterocycles. The monoisotopic (exact) mass is 308 g/mol. The van der Waals surface area contributed by atoms with Gasteiger partial charge in [0.1, 0.15) is 11.5 Å². The van der Waals surface area contributed by atoms with E-state index in [-0.39, 0.29) is 24.9 Å². The average molecular weight is 308 g/mol. The van der Waals surface area contributed by atoms with Gasteiger partial charge >= 0.3 is 0 Å². The summed E-state index contributed by atoms with van der Waals surface area (Å²) >= 11 is 1.34. The summed E-state index contributed by atoms with van der Waals surface area (Å²) in [7, 11) is 0. The number of hydrogen-bond donors (Lipinski definition) is 1. The molecule has 112 valence electrons. The highest BCUT2D eigenvalue weighted by atomic mass is 32.1. The molecule has 0 bridgehead atoms. The molecule has 1 aromatic heterocycles. The molecule has 0 aliphatic rings. The second kappa shape index (κ2) is 7.28. The van der Waals surface area contributed by atoms with Crippen molar-refractivity contribution in [2.45, 2.75) is 13.3 Å². The molecule has 1 heterocycles. The minimum atomic E-state index is -0.268. The fourth-order valence-electron chi connectivity index (χ4n) is 1.98. The smallest absolute Gasteiger partial charge is 0.273 e. The topological polar surface area (TPSA) is 53.4 Å². The Morgan fingerprint density at radius 3 is 2.86 bits per heavy atom. The second-order valence-electron chi connectivity index (χ2n) is 4.50. The molecule has 21 heavy (non-hydrogen) atoms. The lowest BCUT2D eigenvalue weighted by Crippen LogP contribution is -2.33. The molecule has 4 nitrogen and oxygen atoms in total. The number of nitrogens with zero attached hydrogens (tertiary/aromatic N) is 2. The SMILES string of the molecule is CCN(CCO)C(=O)c1csc(Cc2ccccc2F)n1. The van der Waals surface area contributed by atoms with E-state index in [4.69, 9.17) is 5.11 Å². The first kappa shape index (κ1) is 15.6. The van der Waals surface area contributed by atoms with E-state index >= 15 is 0 Å². The minimum Gasteiger partial charge on any atom is -0.395 e. The van der Waals surface area contributed by atoms with Gasteiger partial charge in [-0.1, -0.05) is 18.2 Å². The molecule has 1 aromatic carbocycles. The summed E-state index contributed by atoms with van der Waals surface area (Å²) in [6, 6.07) is 6.54. The number of aliphatic hydroxyl groups excluding tert-OH is 1. The summed E-state index contributed by atoms with van der Waals surface area (Å²) in [5.41, 5.74) is 0.912. The standard InChI is InChI=1S/C15H17FN2O2S/c1-2-18(7-8-19)15(20)13-10-21-14(17-13)9-11-5-3-4-6-12(11)16/h3-6,10,19H,2,7-9H2,1H3. The third-order valence-corrected chi connectivity index (χ3v) is 3.96. The highest BCUT2D eigenvalue weighted by Gasteiger charge is 2.17. The molecule has 0 fully saturated rings. The lowest BCUT2D eigenvalue weighted by molar-refractivity contribution is 0.0727. The van der Waals surface area contributed by atoms with Crippen molar-refractivity contribution >= 4 is 17.2 Å². The number of likely N-dealkylation sites (N-methyl/N-ethyl adjacent to an activating group) is 1. The van der Waals surface area contributed by atoms with Gasteiger partial charge in [0.15, 0.2) is 0 Å². The van der Waals surface area contributed by atoms with Crippen LogP contribution in [0.4, 0.5) is 4.39 Å². The summed E-state index contributed by atoms with van der Waals surface area (Å²) in [5.74, 6) is -0.473. The molecule has 0 atom stereocenters. The van der Waals surface area contributed by atoms with Crippen LogP contribution in [0.3, 0.4) is 0 Å². The Morgan fingerprint density at radius 2 is 2.19 bits per heavy atom. The van der Waals surface area contributed by atoms with E-state index < -0.39 is 0 Å². The summed E-state index contributed by atoms with van der Waals surface area (Å²) in [6.45, 7) is 2.57. The van der Waals surface area contributed by atoms with Crippen molar-refractivity contribution in [3.63, 3.8) is 0 Å². The third-order valence-electron chi connectivity index (χ3n) is 3.11. The fraction of sp³-hybridized carbons (Fsp3) is 0.333. The molecule has 0 saturated carbocycles. The number of benzene rings is 1. The summed E-state index contributed by atoms with van der Waals surface area (Å²) < 4.78 is 13.6. The Hall–Kier alpha value is -1.79. The molecule has 0 spiro atoms. The molecule has 0 radical (unpaired) electrons. The number of aliphatic hydroxyl groups is 1. The van der Waals surface area contributed by atoms with Crippen LogP contribution in [0.1, 0.15) is 28.0 Å². The molecule has 0 unspecified atom stereocenters. The lowest BCUT2D eigenvalue weighted by Gasteiger charge is -2.18. The number of carbonyl (C=O) groups is 1. The second-order valence-corrected chi connectivity index (χ2v) is 5.45. The summed E-state index contributed by atoms with van der Waals surface area (Å²) in [4.78, 5) is 18.0. The number of halogens is 1. The number of rotatable bonds is 6. The van der Waals surface area contributed by atoms with E-state index in [9.17, 15) is 9.18 Å². The predicted octanol–water partition coefficient (Wildman–Crippen LogP) is 2.33. The van der Waals surface area contributed by atoms with Crippen molar-refractivity contribution in [3.05, 3.63) is 51.7 Å². The first-order valence-corrected chi connectivity index (χ1v) is 7.61. The molecule has 6 heteroatoms. The number of carbonyl (C=O) groups excluding carboxylic acids is 1. The summed E-state index contributed by atoms with van der Waals surface area (Å²) in [5, 5.41) is 11.3. The van der Waals surface area contributed by atoms with Crippen LogP contribution < -0.4 is 0 Å². The van der Waals surface area contributed by atoms with Gasteiger partial charge in [-0.2, -0.15) is 0 Å². The highest BCUT2D eigenvalue weighted by Crippen LogP contribution is 2.17. The Labute approximate surface area is 126 Å². The molecule has 0 aliphatic carbocycles. The van der Waals surface area contributed by atoms with Gasteiger partial charge < -0.3 is 10.0 Å². The fourth-order valence-corrected chi connectivity index (χ4v) is 2.77. The average Bonchev–Trinajstić information content (AvgIpc) is 2.95. The molecule has 0 saturated heterocycles. The third kappa shape index (κ3) is 3.86. The van der Waals surface area contributed by atoms with Gasteiger partial charge in [-0.05, 0) is 18.6 Å². The van der Waals surface area contributed by atoms with Crippen LogP contribution in [0.25, 0.3) is 0 Å². The molecule has 1 N–H and O–H groups in total. The van der Waals surface area contributed by atoms with Gasteiger partial charge in [0.05, 0.1) is 11.6 Å². The van der Waals surface area contributed by atoms with Crippen molar-refractivity contribution in [3.8, 4) is 0 Å². The Bertz CT molecular complexity index is 615. The van der Waals surface area contributed by atoms with Gasteiger partial charge in [0, 0.05) is 24.9 Å². The first-order chi connectivity index (χ1) is 10.2. The normalized spacial score (nSPS) is 10.6. The quantitative estimate of drug-likeness (QED) is 0.891. The van der Waals surface area contributed by atoms with Crippen LogP contribution in [-0.4, -0.2) is 40.6 Å². The maximum atomic E-state index is 13.6. The van der Waals surface area contributed by atoms with E-state index in [1.54, 1.807) is 23.6 Å². The van der Waals surface area contributed by atoms with E-state index in [1.807, 2.05) is 6.92 Å².